The molecule has 0 aromatic carbocycles. The number of pyridine rings is 1. The maximum Gasteiger partial charge on any atom is 0.128 e. The van der Waals surface area contributed by atoms with E-state index in [0.29, 0.717) is 5.56 Å². The van der Waals surface area contributed by atoms with Crippen molar-refractivity contribution >= 4 is 5.82 Å². The maximum absolute atomic E-state index is 8.69. The summed E-state index contributed by atoms with van der Waals surface area (Å²) in [5, 5.41) is 8.69. The Kier molecular flexibility index (Phi) is 3.40. The van der Waals surface area contributed by atoms with E-state index in [1.54, 1.807) is 6.20 Å². The van der Waals surface area contributed by atoms with Gasteiger partial charge in [-0.05, 0) is 30.9 Å². The van der Waals surface area contributed by atoms with Crippen molar-refractivity contribution in [2.45, 2.75) is 25.7 Å². The van der Waals surface area contributed by atoms with E-state index in [4.69, 9.17) is 5.26 Å². The zero-order chi connectivity index (χ0) is 11.4. The van der Waals surface area contributed by atoms with Crippen LogP contribution in [0.5, 0.6) is 0 Å². The fourth-order valence-corrected chi connectivity index (χ4v) is 2.35. The van der Waals surface area contributed by atoms with E-state index in [1.165, 1.54) is 25.7 Å². The molecule has 1 fully saturated rings. The summed E-state index contributed by atoms with van der Waals surface area (Å²) in [4.78, 5) is 6.49. The predicted molar refractivity (Wildman–Crippen MR) is 64.2 cm³/mol. The summed E-state index contributed by atoms with van der Waals surface area (Å²) >= 11 is 0. The molecule has 1 aromatic rings. The molecule has 1 aliphatic rings. The maximum atomic E-state index is 8.69. The molecule has 0 saturated heterocycles. The van der Waals surface area contributed by atoms with Gasteiger partial charge in [-0.25, -0.2) is 4.98 Å². The van der Waals surface area contributed by atoms with E-state index in [0.717, 1.165) is 18.3 Å². The summed E-state index contributed by atoms with van der Waals surface area (Å²) in [6.07, 6.45) is 7.08. The molecule has 1 saturated carbocycles. The third-order valence-corrected chi connectivity index (χ3v) is 3.27. The van der Waals surface area contributed by atoms with Gasteiger partial charge in [-0.15, -0.1) is 0 Å². The Bertz CT molecular complexity index is 371. The van der Waals surface area contributed by atoms with E-state index >= 15 is 0 Å². The highest BCUT2D eigenvalue weighted by Gasteiger charge is 2.17. The van der Waals surface area contributed by atoms with Crippen molar-refractivity contribution in [2.75, 3.05) is 18.5 Å². The lowest BCUT2D eigenvalue weighted by molar-refractivity contribution is 0.545. The Labute approximate surface area is 96.7 Å². The molecule has 84 valence electrons. The Morgan fingerprint density at radius 1 is 1.44 bits per heavy atom. The van der Waals surface area contributed by atoms with Gasteiger partial charge in [-0.3, -0.25) is 0 Å². The first-order valence-electron chi connectivity index (χ1n) is 5.87. The molecular weight excluding hydrogens is 198 g/mol. The lowest BCUT2D eigenvalue weighted by Gasteiger charge is -2.21. The third-order valence-electron chi connectivity index (χ3n) is 3.27. The van der Waals surface area contributed by atoms with Gasteiger partial charge >= 0.3 is 0 Å². The van der Waals surface area contributed by atoms with Crippen molar-refractivity contribution in [2.24, 2.45) is 5.92 Å². The average molecular weight is 215 g/mol. The number of rotatable bonds is 3. The van der Waals surface area contributed by atoms with Gasteiger partial charge in [-0.2, -0.15) is 5.26 Å². The summed E-state index contributed by atoms with van der Waals surface area (Å²) in [6.45, 7) is 1.08. The molecule has 2 rings (SSSR count). The highest BCUT2D eigenvalue weighted by molar-refractivity contribution is 5.41. The van der Waals surface area contributed by atoms with Crippen molar-refractivity contribution in [3.05, 3.63) is 23.9 Å². The van der Waals surface area contributed by atoms with Crippen molar-refractivity contribution < 1.29 is 0 Å². The Morgan fingerprint density at radius 3 is 2.75 bits per heavy atom. The van der Waals surface area contributed by atoms with Gasteiger partial charge in [0.2, 0.25) is 0 Å². The fourth-order valence-electron chi connectivity index (χ4n) is 2.35. The number of hydrogen-bond donors (Lipinski definition) is 0. The summed E-state index contributed by atoms with van der Waals surface area (Å²) < 4.78 is 0. The second-order valence-corrected chi connectivity index (χ2v) is 4.55. The molecule has 0 aliphatic heterocycles. The highest BCUT2D eigenvalue weighted by atomic mass is 15.2. The molecule has 3 heteroatoms. The number of aromatic nitrogens is 1. The Morgan fingerprint density at radius 2 is 2.19 bits per heavy atom. The van der Waals surface area contributed by atoms with Gasteiger partial charge in [0.15, 0.2) is 0 Å². The second-order valence-electron chi connectivity index (χ2n) is 4.55. The first kappa shape index (κ1) is 10.9. The molecule has 16 heavy (non-hydrogen) atoms. The van der Waals surface area contributed by atoms with Crippen LogP contribution in [0.1, 0.15) is 31.2 Å². The molecule has 1 aliphatic carbocycles. The Hall–Kier alpha value is -1.56. The van der Waals surface area contributed by atoms with Crippen LogP contribution in [0.25, 0.3) is 0 Å². The molecule has 1 heterocycles. The third kappa shape index (κ3) is 2.52. The minimum atomic E-state index is 0.623. The minimum Gasteiger partial charge on any atom is -0.359 e. The average Bonchev–Trinajstić information content (AvgIpc) is 2.82. The molecule has 0 spiro atoms. The zero-order valence-corrected chi connectivity index (χ0v) is 9.69. The van der Waals surface area contributed by atoms with Gasteiger partial charge in [0.1, 0.15) is 11.9 Å². The largest absolute Gasteiger partial charge is 0.359 e. The van der Waals surface area contributed by atoms with Crippen LogP contribution >= 0.6 is 0 Å². The van der Waals surface area contributed by atoms with Crippen LogP contribution in [-0.4, -0.2) is 18.6 Å². The summed E-state index contributed by atoms with van der Waals surface area (Å²) in [6, 6.07) is 5.84. The number of anilines is 1. The van der Waals surface area contributed by atoms with Crippen molar-refractivity contribution in [1.82, 2.24) is 4.98 Å². The molecule has 0 atom stereocenters. The van der Waals surface area contributed by atoms with Crippen LogP contribution in [0.3, 0.4) is 0 Å². The van der Waals surface area contributed by atoms with E-state index in [9.17, 15) is 0 Å². The van der Waals surface area contributed by atoms with Gasteiger partial charge in [0, 0.05) is 19.8 Å². The molecule has 0 bridgehead atoms. The molecule has 0 radical (unpaired) electrons. The lowest BCUT2D eigenvalue weighted by Crippen LogP contribution is -2.24. The standard InChI is InChI=1S/C13H17N3/c1-16(10-11-4-2-3-5-11)13-7-6-12(8-14)9-15-13/h6-7,9,11H,2-5,10H2,1H3. The van der Waals surface area contributed by atoms with Gasteiger partial charge < -0.3 is 4.90 Å². The van der Waals surface area contributed by atoms with Crippen molar-refractivity contribution in [3.8, 4) is 6.07 Å². The molecule has 0 amide bonds. The van der Waals surface area contributed by atoms with Gasteiger partial charge in [-0.1, -0.05) is 12.8 Å². The number of nitrogens with zero attached hydrogens (tertiary/aromatic N) is 3. The first-order valence-corrected chi connectivity index (χ1v) is 5.87. The fraction of sp³-hybridized carbons (Fsp3) is 0.538. The van der Waals surface area contributed by atoms with Gasteiger partial charge in [0.25, 0.3) is 0 Å². The van der Waals surface area contributed by atoms with Crippen LogP contribution in [0.4, 0.5) is 5.82 Å². The number of nitriles is 1. The quantitative estimate of drug-likeness (QED) is 0.778. The van der Waals surface area contributed by atoms with E-state index in [2.05, 4.69) is 23.0 Å². The molecule has 3 nitrogen and oxygen atoms in total. The zero-order valence-electron chi connectivity index (χ0n) is 9.69. The van der Waals surface area contributed by atoms with Crippen molar-refractivity contribution in [3.63, 3.8) is 0 Å². The molecule has 0 N–H and O–H groups in total. The molecule has 0 unspecified atom stereocenters. The van der Waals surface area contributed by atoms with Crippen molar-refractivity contribution in [1.29, 1.82) is 5.26 Å². The van der Waals surface area contributed by atoms with Crippen LogP contribution in [0, 0.1) is 17.2 Å². The van der Waals surface area contributed by atoms with Crippen LogP contribution in [0.2, 0.25) is 0 Å². The summed E-state index contributed by atoms with van der Waals surface area (Å²) in [7, 11) is 2.08. The van der Waals surface area contributed by atoms with E-state index < -0.39 is 0 Å². The topological polar surface area (TPSA) is 39.9 Å². The Balaban J connectivity index is 1.97. The van der Waals surface area contributed by atoms with E-state index in [1.807, 2.05) is 12.1 Å². The minimum absolute atomic E-state index is 0.623. The van der Waals surface area contributed by atoms with Crippen LogP contribution in [-0.2, 0) is 0 Å². The lowest BCUT2D eigenvalue weighted by atomic mass is 10.1. The van der Waals surface area contributed by atoms with Crippen LogP contribution < -0.4 is 4.90 Å². The highest BCUT2D eigenvalue weighted by Crippen LogP contribution is 2.26. The molecule has 1 aromatic heterocycles. The predicted octanol–water partition coefficient (Wildman–Crippen LogP) is 2.58. The SMILES string of the molecule is CN(CC1CCCC1)c1ccc(C#N)cn1. The second kappa shape index (κ2) is 4.98. The summed E-state index contributed by atoms with van der Waals surface area (Å²) in [5.74, 6) is 1.79. The van der Waals surface area contributed by atoms with Gasteiger partial charge in [0.05, 0.1) is 5.56 Å². The summed E-state index contributed by atoms with van der Waals surface area (Å²) in [5.41, 5.74) is 0.623. The smallest absolute Gasteiger partial charge is 0.128 e. The van der Waals surface area contributed by atoms with E-state index in [-0.39, 0.29) is 0 Å². The monoisotopic (exact) mass is 215 g/mol. The van der Waals surface area contributed by atoms with Crippen LogP contribution in [0.15, 0.2) is 18.3 Å². The molecular formula is C13H17N3. The first-order chi connectivity index (χ1) is 7.79. The normalized spacial score (nSPS) is 16.0. The number of hydrogen-bond acceptors (Lipinski definition) is 3.